The van der Waals surface area contributed by atoms with Crippen LogP contribution in [-0.4, -0.2) is 10.9 Å². The lowest BCUT2D eigenvalue weighted by atomic mass is 9.93. The van der Waals surface area contributed by atoms with Gasteiger partial charge in [0.25, 0.3) is 0 Å². The van der Waals surface area contributed by atoms with Gasteiger partial charge in [0.1, 0.15) is 0 Å². The van der Waals surface area contributed by atoms with E-state index < -0.39 is 0 Å². The van der Waals surface area contributed by atoms with Gasteiger partial charge < -0.3 is 0 Å². The van der Waals surface area contributed by atoms with Gasteiger partial charge >= 0.3 is 0 Å². The lowest BCUT2D eigenvalue weighted by molar-refractivity contribution is -0.121. The van der Waals surface area contributed by atoms with Crippen LogP contribution in [0.1, 0.15) is 44.6 Å². The first-order valence-electron chi connectivity index (χ1n) is 9.58. The molecule has 0 bridgehead atoms. The molecule has 3 nitrogen and oxygen atoms in total. The summed E-state index contributed by atoms with van der Waals surface area (Å²) in [7, 11) is 0. The molecule has 1 atom stereocenters. The van der Waals surface area contributed by atoms with Gasteiger partial charge in [0.05, 0.1) is 15.9 Å². The van der Waals surface area contributed by atoms with Crippen molar-refractivity contribution in [1.82, 2.24) is 4.98 Å². The van der Waals surface area contributed by atoms with E-state index in [-0.39, 0.29) is 11.8 Å². The molecule has 1 heterocycles. The van der Waals surface area contributed by atoms with Gasteiger partial charge in [-0.15, -0.1) is 0 Å². The smallest absolute Gasteiger partial charge is 0.236 e. The molecule has 4 rings (SSSR count). The monoisotopic (exact) mass is 376 g/mol. The van der Waals surface area contributed by atoms with Crippen LogP contribution in [0.25, 0.3) is 10.2 Å². The summed E-state index contributed by atoms with van der Waals surface area (Å²) >= 11 is 1.58. The average Bonchev–Trinajstić information content (AvgIpc) is 3.12. The van der Waals surface area contributed by atoms with Crippen LogP contribution in [0.3, 0.4) is 0 Å². The van der Waals surface area contributed by atoms with Crippen molar-refractivity contribution < 1.29 is 4.79 Å². The standard InChI is InChI=1S/C23H24N2OS/c1-16(2)17-12-14-19(15-13-17)25(22(26)18-8-4-3-5-9-18)23-24-20-10-6-7-11-21(20)27-23/h3-4,6-7,10-16,18H,5,8-9H2,1-2H3. The second-order valence-corrected chi connectivity index (χ2v) is 8.37. The number of allylic oxidation sites excluding steroid dienone is 2. The predicted molar refractivity (Wildman–Crippen MR) is 114 cm³/mol. The van der Waals surface area contributed by atoms with E-state index >= 15 is 0 Å². The largest absolute Gasteiger partial charge is 0.274 e. The molecule has 3 aromatic rings. The molecule has 27 heavy (non-hydrogen) atoms. The van der Waals surface area contributed by atoms with Crippen molar-refractivity contribution in [3.05, 3.63) is 66.2 Å². The SMILES string of the molecule is CC(C)c1ccc(N(C(=O)C2CC=CCC2)c2nc3ccccc3s2)cc1. The van der Waals surface area contributed by atoms with Crippen LogP contribution >= 0.6 is 11.3 Å². The van der Waals surface area contributed by atoms with E-state index in [2.05, 4.69) is 56.3 Å². The molecular weight excluding hydrogens is 352 g/mol. The molecule has 0 saturated heterocycles. The Bertz CT molecular complexity index is 938. The van der Waals surface area contributed by atoms with Crippen LogP contribution in [0.4, 0.5) is 10.8 Å². The number of carbonyl (C=O) groups is 1. The molecule has 4 heteroatoms. The molecule has 0 fully saturated rings. The van der Waals surface area contributed by atoms with Gasteiger partial charge in [-0.3, -0.25) is 9.69 Å². The van der Waals surface area contributed by atoms with Gasteiger partial charge in [-0.05, 0) is 55.0 Å². The third-order valence-corrected chi connectivity index (χ3v) is 6.15. The summed E-state index contributed by atoms with van der Waals surface area (Å²) in [6, 6.07) is 16.4. The summed E-state index contributed by atoms with van der Waals surface area (Å²) < 4.78 is 1.10. The number of anilines is 2. The minimum absolute atomic E-state index is 0.0202. The maximum atomic E-state index is 13.5. The Hall–Kier alpha value is -2.46. The number of para-hydroxylation sites is 1. The average molecular weight is 377 g/mol. The first kappa shape index (κ1) is 17.9. The van der Waals surface area contributed by atoms with Crippen molar-refractivity contribution in [3.8, 4) is 0 Å². The number of hydrogen-bond donors (Lipinski definition) is 0. The van der Waals surface area contributed by atoms with Crippen LogP contribution in [0.2, 0.25) is 0 Å². The lowest BCUT2D eigenvalue weighted by Gasteiger charge is -2.26. The van der Waals surface area contributed by atoms with Crippen LogP contribution in [0.5, 0.6) is 0 Å². The fourth-order valence-corrected chi connectivity index (χ4v) is 4.49. The molecule has 2 aromatic carbocycles. The zero-order chi connectivity index (χ0) is 18.8. The van der Waals surface area contributed by atoms with E-state index in [1.807, 2.05) is 23.1 Å². The molecule has 0 N–H and O–H groups in total. The molecule has 1 amide bonds. The Balaban J connectivity index is 1.76. The van der Waals surface area contributed by atoms with Gasteiger partial charge in [-0.25, -0.2) is 4.98 Å². The Labute approximate surface area is 164 Å². The minimum Gasteiger partial charge on any atom is -0.274 e. The summed E-state index contributed by atoms with van der Waals surface area (Å²) in [4.78, 5) is 20.1. The van der Waals surface area contributed by atoms with Crippen LogP contribution in [0.15, 0.2) is 60.7 Å². The summed E-state index contributed by atoms with van der Waals surface area (Å²) in [5.74, 6) is 0.636. The lowest BCUT2D eigenvalue weighted by Crippen LogP contribution is -2.33. The number of nitrogens with zero attached hydrogens (tertiary/aromatic N) is 2. The second-order valence-electron chi connectivity index (χ2n) is 7.37. The highest BCUT2D eigenvalue weighted by molar-refractivity contribution is 7.22. The van der Waals surface area contributed by atoms with Crippen LogP contribution in [0, 0.1) is 5.92 Å². The molecule has 1 unspecified atom stereocenters. The topological polar surface area (TPSA) is 33.2 Å². The Kier molecular flexibility index (Phi) is 5.08. The van der Waals surface area contributed by atoms with Gasteiger partial charge in [-0.2, -0.15) is 0 Å². The highest BCUT2D eigenvalue weighted by Gasteiger charge is 2.29. The number of carbonyl (C=O) groups excluding carboxylic acids is 1. The molecule has 1 aromatic heterocycles. The molecular formula is C23H24N2OS. The van der Waals surface area contributed by atoms with Crippen LogP contribution < -0.4 is 4.90 Å². The third kappa shape index (κ3) is 3.67. The maximum absolute atomic E-state index is 13.5. The van der Waals surface area contributed by atoms with E-state index in [0.29, 0.717) is 5.92 Å². The number of hydrogen-bond acceptors (Lipinski definition) is 3. The Morgan fingerprint density at radius 2 is 1.89 bits per heavy atom. The summed E-state index contributed by atoms with van der Waals surface area (Å²) in [5.41, 5.74) is 3.12. The van der Waals surface area contributed by atoms with E-state index in [0.717, 1.165) is 40.3 Å². The quantitative estimate of drug-likeness (QED) is 0.491. The van der Waals surface area contributed by atoms with Crippen molar-refractivity contribution in [1.29, 1.82) is 0 Å². The van der Waals surface area contributed by atoms with E-state index in [1.165, 1.54) is 5.56 Å². The van der Waals surface area contributed by atoms with Gasteiger partial charge in [0.2, 0.25) is 5.91 Å². The van der Waals surface area contributed by atoms with Crippen molar-refractivity contribution in [2.75, 3.05) is 4.90 Å². The Morgan fingerprint density at radius 3 is 2.56 bits per heavy atom. The van der Waals surface area contributed by atoms with Gasteiger partial charge in [-0.1, -0.05) is 61.6 Å². The fraction of sp³-hybridized carbons (Fsp3) is 0.304. The maximum Gasteiger partial charge on any atom is 0.236 e. The highest BCUT2D eigenvalue weighted by Crippen LogP contribution is 2.36. The van der Waals surface area contributed by atoms with Gasteiger partial charge in [0, 0.05) is 5.92 Å². The first-order chi connectivity index (χ1) is 13.1. The zero-order valence-corrected chi connectivity index (χ0v) is 16.6. The molecule has 1 aliphatic rings. The van der Waals surface area contributed by atoms with Crippen molar-refractivity contribution in [2.45, 2.75) is 39.0 Å². The number of thiazole rings is 1. The Morgan fingerprint density at radius 1 is 1.11 bits per heavy atom. The minimum atomic E-state index is 0.0202. The molecule has 1 aliphatic carbocycles. The summed E-state index contributed by atoms with van der Waals surface area (Å²) in [5, 5.41) is 0.757. The van der Waals surface area contributed by atoms with E-state index in [9.17, 15) is 4.79 Å². The molecule has 0 saturated carbocycles. The summed E-state index contributed by atoms with van der Waals surface area (Å²) in [6.07, 6.45) is 6.98. The fourth-order valence-electron chi connectivity index (χ4n) is 3.50. The first-order valence-corrected chi connectivity index (χ1v) is 10.4. The van der Waals surface area contributed by atoms with Crippen molar-refractivity contribution >= 4 is 38.3 Å². The predicted octanol–water partition coefficient (Wildman–Crippen LogP) is 6.44. The van der Waals surface area contributed by atoms with Crippen molar-refractivity contribution in [2.24, 2.45) is 5.92 Å². The number of benzene rings is 2. The number of aromatic nitrogens is 1. The van der Waals surface area contributed by atoms with E-state index in [4.69, 9.17) is 4.98 Å². The van der Waals surface area contributed by atoms with Crippen LogP contribution in [-0.2, 0) is 4.79 Å². The highest BCUT2D eigenvalue weighted by atomic mass is 32.1. The number of rotatable bonds is 4. The number of amides is 1. The van der Waals surface area contributed by atoms with Gasteiger partial charge in [0.15, 0.2) is 5.13 Å². The molecule has 138 valence electrons. The van der Waals surface area contributed by atoms with E-state index in [1.54, 1.807) is 11.3 Å². The van der Waals surface area contributed by atoms with Crippen molar-refractivity contribution in [3.63, 3.8) is 0 Å². The second kappa shape index (κ2) is 7.65. The number of fused-ring (bicyclic) bond motifs is 1. The third-order valence-electron chi connectivity index (χ3n) is 5.13. The molecule has 0 aliphatic heterocycles. The molecule has 0 radical (unpaired) electrons. The normalized spacial score (nSPS) is 16.8. The summed E-state index contributed by atoms with van der Waals surface area (Å²) in [6.45, 7) is 4.36. The molecule has 0 spiro atoms. The zero-order valence-electron chi connectivity index (χ0n) is 15.8.